The van der Waals surface area contributed by atoms with Gasteiger partial charge in [0.05, 0.1) is 11.2 Å². The molecule has 5 aromatic rings. The number of fused-ring (bicyclic) bond motifs is 1. The Morgan fingerprint density at radius 1 is 0.667 bits per heavy atom. The van der Waals surface area contributed by atoms with Gasteiger partial charge in [0.2, 0.25) is 0 Å². The fourth-order valence-electron chi connectivity index (χ4n) is 3.35. The Kier molecular flexibility index (Phi) is 4.66. The lowest BCUT2D eigenvalue weighted by atomic mass is 10.1. The highest BCUT2D eigenvalue weighted by atomic mass is 16.5. The van der Waals surface area contributed by atoms with E-state index in [1.807, 2.05) is 91.1 Å². The Morgan fingerprint density at radius 2 is 1.40 bits per heavy atom. The molecule has 0 N–H and O–H groups in total. The predicted octanol–water partition coefficient (Wildman–Crippen LogP) is 6.46. The predicted molar refractivity (Wildman–Crippen MR) is 119 cm³/mol. The van der Waals surface area contributed by atoms with Crippen molar-refractivity contribution in [3.8, 4) is 34.3 Å². The number of aromatic nitrogens is 3. The van der Waals surface area contributed by atoms with E-state index in [1.54, 1.807) is 0 Å². The standard InChI is InChI=1S/C26H19N3O/c1-18-11-16-24(26-27-17-20-7-5-6-10-23(20)29-26)28-25(18)19-12-14-22(15-13-19)30-21-8-3-2-4-9-21/h2-17H,1H3. The van der Waals surface area contributed by atoms with Gasteiger partial charge in [0.1, 0.15) is 17.2 Å². The van der Waals surface area contributed by atoms with Crippen molar-refractivity contribution in [2.75, 3.05) is 0 Å². The molecule has 0 bridgehead atoms. The molecule has 0 radical (unpaired) electrons. The first-order valence-corrected chi connectivity index (χ1v) is 9.79. The molecule has 0 aliphatic carbocycles. The van der Waals surface area contributed by atoms with Crippen molar-refractivity contribution in [3.63, 3.8) is 0 Å². The minimum absolute atomic E-state index is 0.624. The molecule has 0 saturated carbocycles. The van der Waals surface area contributed by atoms with Crippen LogP contribution >= 0.6 is 0 Å². The Bertz CT molecular complexity index is 1320. The number of aryl methyl sites for hydroxylation is 1. The summed E-state index contributed by atoms with van der Waals surface area (Å²) in [6.45, 7) is 2.06. The van der Waals surface area contributed by atoms with Gasteiger partial charge in [0.15, 0.2) is 5.82 Å². The molecule has 4 nitrogen and oxygen atoms in total. The van der Waals surface area contributed by atoms with Crippen LogP contribution in [0, 0.1) is 6.92 Å². The topological polar surface area (TPSA) is 47.9 Å². The van der Waals surface area contributed by atoms with Crippen LogP contribution in [0.5, 0.6) is 11.5 Å². The number of hydrogen-bond acceptors (Lipinski definition) is 4. The zero-order chi connectivity index (χ0) is 20.3. The van der Waals surface area contributed by atoms with Crippen LogP contribution in [0.2, 0.25) is 0 Å². The van der Waals surface area contributed by atoms with Crippen LogP contribution in [0.4, 0.5) is 0 Å². The van der Waals surface area contributed by atoms with Crippen molar-refractivity contribution < 1.29 is 4.74 Å². The molecule has 5 rings (SSSR count). The Morgan fingerprint density at radius 3 is 2.23 bits per heavy atom. The van der Waals surface area contributed by atoms with E-state index in [9.17, 15) is 0 Å². The van der Waals surface area contributed by atoms with Crippen LogP contribution in [0.1, 0.15) is 5.56 Å². The molecule has 2 aromatic heterocycles. The zero-order valence-corrected chi connectivity index (χ0v) is 16.5. The molecule has 0 fully saturated rings. The Hall–Kier alpha value is -4.05. The summed E-state index contributed by atoms with van der Waals surface area (Å²) in [7, 11) is 0. The number of hydrogen-bond donors (Lipinski definition) is 0. The number of benzene rings is 3. The highest BCUT2D eigenvalue weighted by Gasteiger charge is 2.10. The molecule has 0 aliphatic heterocycles. The lowest BCUT2D eigenvalue weighted by molar-refractivity contribution is 0.483. The molecule has 30 heavy (non-hydrogen) atoms. The fourth-order valence-corrected chi connectivity index (χ4v) is 3.35. The average Bonchev–Trinajstić information content (AvgIpc) is 2.80. The maximum atomic E-state index is 5.89. The minimum atomic E-state index is 0.624. The van der Waals surface area contributed by atoms with Crippen LogP contribution in [-0.4, -0.2) is 15.0 Å². The van der Waals surface area contributed by atoms with Gasteiger partial charge in [-0.25, -0.2) is 15.0 Å². The van der Waals surface area contributed by atoms with E-state index in [1.165, 1.54) is 0 Å². The van der Waals surface area contributed by atoms with Crippen LogP contribution < -0.4 is 4.74 Å². The fraction of sp³-hybridized carbons (Fsp3) is 0.0385. The van der Waals surface area contributed by atoms with E-state index >= 15 is 0 Å². The number of pyridine rings is 1. The molecule has 0 amide bonds. The first-order chi connectivity index (χ1) is 14.8. The molecule has 0 saturated heterocycles. The summed E-state index contributed by atoms with van der Waals surface area (Å²) >= 11 is 0. The maximum absolute atomic E-state index is 5.89. The van der Waals surface area contributed by atoms with Crippen molar-refractivity contribution in [1.82, 2.24) is 15.0 Å². The van der Waals surface area contributed by atoms with E-state index in [4.69, 9.17) is 9.72 Å². The molecule has 0 aliphatic rings. The van der Waals surface area contributed by atoms with Crippen molar-refractivity contribution in [2.45, 2.75) is 6.92 Å². The van der Waals surface area contributed by atoms with Gasteiger partial charge in [-0.2, -0.15) is 0 Å². The summed E-state index contributed by atoms with van der Waals surface area (Å²) in [5, 5.41) is 1.02. The van der Waals surface area contributed by atoms with E-state index in [-0.39, 0.29) is 0 Å². The Balaban J connectivity index is 1.47. The van der Waals surface area contributed by atoms with Gasteiger partial charge in [-0.1, -0.05) is 42.5 Å². The largest absolute Gasteiger partial charge is 0.457 e. The molecule has 3 aromatic carbocycles. The van der Waals surface area contributed by atoms with Crippen molar-refractivity contribution in [2.24, 2.45) is 0 Å². The van der Waals surface area contributed by atoms with Crippen molar-refractivity contribution in [1.29, 1.82) is 0 Å². The normalized spacial score (nSPS) is 10.8. The second kappa shape index (κ2) is 7.76. The highest BCUT2D eigenvalue weighted by Crippen LogP contribution is 2.28. The van der Waals surface area contributed by atoms with E-state index in [2.05, 4.69) is 23.0 Å². The summed E-state index contributed by atoms with van der Waals surface area (Å²) < 4.78 is 5.89. The second-order valence-electron chi connectivity index (χ2n) is 7.05. The molecule has 0 unspecified atom stereocenters. The van der Waals surface area contributed by atoms with Crippen LogP contribution in [-0.2, 0) is 0 Å². The van der Waals surface area contributed by atoms with Gasteiger partial charge in [-0.3, -0.25) is 0 Å². The molecule has 144 valence electrons. The minimum Gasteiger partial charge on any atom is -0.457 e. The Labute approximate surface area is 174 Å². The molecule has 4 heteroatoms. The van der Waals surface area contributed by atoms with Crippen molar-refractivity contribution in [3.05, 3.63) is 103 Å². The molecular formula is C26H19N3O. The van der Waals surface area contributed by atoms with Gasteiger partial charge in [0, 0.05) is 17.1 Å². The van der Waals surface area contributed by atoms with E-state index < -0.39 is 0 Å². The summed E-state index contributed by atoms with van der Waals surface area (Å²) in [6, 6.07) is 29.7. The summed E-state index contributed by atoms with van der Waals surface area (Å²) in [6.07, 6.45) is 1.84. The summed E-state index contributed by atoms with van der Waals surface area (Å²) in [5.74, 6) is 2.23. The third kappa shape index (κ3) is 3.63. The average molecular weight is 389 g/mol. The quantitative estimate of drug-likeness (QED) is 0.354. The van der Waals surface area contributed by atoms with Gasteiger partial charge in [-0.15, -0.1) is 0 Å². The molecule has 0 spiro atoms. The number of ether oxygens (including phenoxy) is 1. The summed E-state index contributed by atoms with van der Waals surface area (Å²) in [5.41, 5.74) is 4.70. The van der Waals surface area contributed by atoms with Crippen LogP contribution in [0.15, 0.2) is 97.2 Å². The van der Waals surface area contributed by atoms with Crippen LogP contribution in [0.3, 0.4) is 0 Å². The van der Waals surface area contributed by atoms with Gasteiger partial charge in [0.25, 0.3) is 0 Å². The smallest absolute Gasteiger partial charge is 0.178 e. The van der Waals surface area contributed by atoms with Gasteiger partial charge >= 0.3 is 0 Å². The molecular weight excluding hydrogens is 370 g/mol. The number of para-hydroxylation sites is 2. The monoisotopic (exact) mass is 389 g/mol. The maximum Gasteiger partial charge on any atom is 0.178 e. The van der Waals surface area contributed by atoms with Crippen molar-refractivity contribution >= 4 is 10.9 Å². The SMILES string of the molecule is Cc1ccc(-c2ncc3ccccc3n2)nc1-c1ccc(Oc2ccccc2)cc1. The number of rotatable bonds is 4. The molecule has 2 heterocycles. The molecule has 0 atom stereocenters. The van der Waals surface area contributed by atoms with Gasteiger partial charge in [-0.05, 0) is 61.0 Å². The first-order valence-electron chi connectivity index (χ1n) is 9.79. The lowest BCUT2D eigenvalue weighted by Crippen LogP contribution is -1.96. The first kappa shape index (κ1) is 18.0. The van der Waals surface area contributed by atoms with Crippen LogP contribution in [0.25, 0.3) is 33.7 Å². The number of nitrogens with zero attached hydrogens (tertiary/aromatic N) is 3. The zero-order valence-electron chi connectivity index (χ0n) is 16.5. The van der Waals surface area contributed by atoms with E-state index in [0.717, 1.165) is 44.9 Å². The third-order valence-corrected chi connectivity index (χ3v) is 4.92. The summed E-state index contributed by atoms with van der Waals surface area (Å²) in [4.78, 5) is 14.1. The second-order valence-corrected chi connectivity index (χ2v) is 7.05. The lowest BCUT2D eigenvalue weighted by Gasteiger charge is -2.10. The highest BCUT2D eigenvalue weighted by molar-refractivity contribution is 5.79. The van der Waals surface area contributed by atoms with Gasteiger partial charge < -0.3 is 4.74 Å². The van der Waals surface area contributed by atoms with E-state index in [0.29, 0.717) is 5.82 Å². The third-order valence-electron chi connectivity index (χ3n) is 4.92.